The molecule has 1 fully saturated rings. The maximum atomic E-state index is 12.9. The summed E-state index contributed by atoms with van der Waals surface area (Å²) in [6, 6.07) is 5.44. The third-order valence-electron chi connectivity index (χ3n) is 4.74. The Bertz CT molecular complexity index is 647. The molecular weight excluding hydrogens is 310 g/mol. The molecule has 1 aliphatic rings. The van der Waals surface area contributed by atoms with E-state index in [1.165, 1.54) is 13.5 Å². The minimum Gasteiger partial charge on any atom is -0.495 e. The van der Waals surface area contributed by atoms with E-state index in [4.69, 9.17) is 4.74 Å². The van der Waals surface area contributed by atoms with Crippen LogP contribution < -0.4 is 9.46 Å². The second-order valence-electron chi connectivity index (χ2n) is 7.61. The largest absolute Gasteiger partial charge is 0.495 e. The van der Waals surface area contributed by atoms with Crippen molar-refractivity contribution in [2.75, 3.05) is 7.11 Å². The number of benzene rings is 1. The maximum absolute atomic E-state index is 12.9. The molecular formula is C18H29NO3S. The predicted octanol–water partition coefficient (Wildman–Crippen LogP) is 3.85. The second-order valence-corrected chi connectivity index (χ2v) is 9.29. The summed E-state index contributed by atoms with van der Waals surface area (Å²) in [4.78, 5) is 0.241. The van der Waals surface area contributed by atoms with E-state index in [1.807, 2.05) is 6.07 Å². The zero-order chi connectivity index (χ0) is 17.3. The van der Waals surface area contributed by atoms with E-state index >= 15 is 0 Å². The third kappa shape index (κ3) is 4.27. The van der Waals surface area contributed by atoms with Crippen LogP contribution in [0.2, 0.25) is 0 Å². The Morgan fingerprint density at radius 1 is 1.17 bits per heavy atom. The fraction of sp³-hybridized carbons (Fsp3) is 0.667. The van der Waals surface area contributed by atoms with Crippen LogP contribution in [0.3, 0.4) is 0 Å². The Labute approximate surface area is 140 Å². The van der Waals surface area contributed by atoms with E-state index in [9.17, 15) is 8.42 Å². The monoisotopic (exact) mass is 339 g/mol. The van der Waals surface area contributed by atoms with Crippen molar-refractivity contribution < 1.29 is 13.2 Å². The first-order chi connectivity index (χ1) is 10.6. The van der Waals surface area contributed by atoms with Crippen molar-refractivity contribution in [3.8, 4) is 5.75 Å². The quantitative estimate of drug-likeness (QED) is 0.906. The Morgan fingerprint density at radius 3 is 2.39 bits per heavy atom. The van der Waals surface area contributed by atoms with Gasteiger partial charge in [0.1, 0.15) is 10.6 Å². The molecule has 130 valence electrons. The Kier molecular flexibility index (Phi) is 5.41. The summed E-state index contributed by atoms with van der Waals surface area (Å²) in [7, 11) is -2.09. The molecule has 0 unspecified atom stereocenters. The molecule has 0 aromatic heterocycles. The minimum absolute atomic E-state index is 0.0109. The molecule has 0 saturated heterocycles. The molecule has 0 heterocycles. The van der Waals surface area contributed by atoms with Gasteiger partial charge in [0, 0.05) is 6.04 Å². The van der Waals surface area contributed by atoms with E-state index in [0.717, 1.165) is 24.8 Å². The molecule has 1 aliphatic carbocycles. The zero-order valence-electron chi connectivity index (χ0n) is 14.8. The van der Waals surface area contributed by atoms with Crippen LogP contribution in [0, 0.1) is 5.92 Å². The van der Waals surface area contributed by atoms with Crippen LogP contribution in [0.5, 0.6) is 5.75 Å². The van der Waals surface area contributed by atoms with Gasteiger partial charge in [0.15, 0.2) is 0 Å². The van der Waals surface area contributed by atoms with E-state index < -0.39 is 10.0 Å². The van der Waals surface area contributed by atoms with Crippen molar-refractivity contribution in [2.45, 2.75) is 69.7 Å². The molecule has 1 N–H and O–H groups in total. The molecule has 0 radical (unpaired) electrons. The van der Waals surface area contributed by atoms with Crippen LogP contribution in [0.25, 0.3) is 0 Å². The number of hydrogen-bond donors (Lipinski definition) is 1. The number of nitrogens with one attached hydrogen (secondary N) is 1. The number of rotatable bonds is 4. The average Bonchev–Trinajstić information content (AvgIpc) is 2.48. The highest BCUT2D eigenvalue weighted by Gasteiger charge is 2.29. The minimum atomic E-state index is -3.59. The van der Waals surface area contributed by atoms with Gasteiger partial charge in [0.2, 0.25) is 10.0 Å². The van der Waals surface area contributed by atoms with Crippen molar-refractivity contribution in [2.24, 2.45) is 5.92 Å². The topological polar surface area (TPSA) is 55.4 Å². The van der Waals surface area contributed by atoms with Crippen LogP contribution in [-0.2, 0) is 15.4 Å². The Balaban J connectivity index is 2.37. The van der Waals surface area contributed by atoms with Gasteiger partial charge in [-0.1, -0.05) is 46.6 Å². The van der Waals surface area contributed by atoms with Crippen molar-refractivity contribution in [3.05, 3.63) is 23.8 Å². The fourth-order valence-electron chi connectivity index (χ4n) is 3.11. The van der Waals surface area contributed by atoms with Gasteiger partial charge >= 0.3 is 0 Å². The zero-order valence-corrected chi connectivity index (χ0v) is 15.7. The first kappa shape index (κ1) is 18.3. The van der Waals surface area contributed by atoms with Gasteiger partial charge in [0.25, 0.3) is 0 Å². The first-order valence-corrected chi connectivity index (χ1v) is 9.84. The van der Waals surface area contributed by atoms with Crippen LogP contribution in [0.4, 0.5) is 0 Å². The summed E-state index contributed by atoms with van der Waals surface area (Å²) in [5, 5.41) is 0. The number of sulfonamides is 1. The van der Waals surface area contributed by atoms with Crippen LogP contribution >= 0.6 is 0 Å². The summed E-state index contributed by atoms with van der Waals surface area (Å²) < 4.78 is 34.0. The summed E-state index contributed by atoms with van der Waals surface area (Å²) in [5.74, 6) is 0.768. The summed E-state index contributed by atoms with van der Waals surface area (Å²) in [6.07, 6.45) is 4.24. The van der Waals surface area contributed by atoms with Crippen molar-refractivity contribution in [1.82, 2.24) is 4.72 Å². The van der Waals surface area contributed by atoms with Crippen LogP contribution in [0.1, 0.15) is 58.9 Å². The summed E-state index contributed by atoms with van der Waals surface area (Å²) in [5.41, 5.74) is 0.865. The Hall–Kier alpha value is -1.07. The van der Waals surface area contributed by atoms with Crippen molar-refractivity contribution in [1.29, 1.82) is 0 Å². The fourth-order valence-corrected chi connectivity index (χ4v) is 4.68. The van der Waals surface area contributed by atoms with Crippen molar-refractivity contribution in [3.63, 3.8) is 0 Å². The lowest BCUT2D eigenvalue weighted by Crippen LogP contribution is -2.41. The van der Waals surface area contributed by atoms with Crippen LogP contribution in [-0.4, -0.2) is 21.6 Å². The molecule has 23 heavy (non-hydrogen) atoms. The molecule has 5 heteroatoms. The average molecular weight is 340 g/mol. The molecule has 4 nitrogen and oxygen atoms in total. The number of methoxy groups -OCH3 is 1. The number of ether oxygens (including phenoxy) is 1. The normalized spacial score (nSPS) is 22.8. The molecule has 2 atom stereocenters. The first-order valence-electron chi connectivity index (χ1n) is 8.36. The van der Waals surface area contributed by atoms with Gasteiger partial charge in [-0.2, -0.15) is 0 Å². The van der Waals surface area contributed by atoms with Gasteiger partial charge in [-0.25, -0.2) is 13.1 Å². The van der Waals surface area contributed by atoms with E-state index in [0.29, 0.717) is 11.7 Å². The van der Waals surface area contributed by atoms with Gasteiger partial charge in [0.05, 0.1) is 7.11 Å². The maximum Gasteiger partial charge on any atom is 0.244 e. The summed E-state index contributed by atoms with van der Waals surface area (Å²) in [6.45, 7) is 8.33. The lowest BCUT2D eigenvalue weighted by Gasteiger charge is -2.29. The molecule has 1 saturated carbocycles. The molecule has 0 aliphatic heterocycles. The van der Waals surface area contributed by atoms with Crippen molar-refractivity contribution >= 4 is 10.0 Å². The lowest BCUT2D eigenvalue weighted by molar-refractivity contribution is 0.310. The highest BCUT2D eigenvalue weighted by atomic mass is 32.2. The highest BCUT2D eigenvalue weighted by Crippen LogP contribution is 2.32. The standard InChI is InChI=1S/C18H29NO3S/c1-13-8-6-7-9-15(13)19-23(20,21)17-12-14(18(2,3)4)10-11-16(17)22-5/h10-13,15,19H,6-9H2,1-5H3/t13-,15+/m0/s1. The Morgan fingerprint density at radius 2 is 1.83 bits per heavy atom. The predicted molar refractivity (Wildman–Crippen MR) is 93.4 cm³/mol. The van der Waals surface area contributed by atoms with Gasteiger partial charge in [-0.05, 0) is 41.9 Å². The van der Waals surface area contributed by atoms with Crippen LogP contribution in [0.15, 0.2) is 23.1 Å². The SMILES string of the molecule is COc1ccc(C(C)(C)C)cc1S(=O)(=O)N[C@@H]1CCCC[C@@H]1C. The smallest absolute Gasteiger partial charge is 0.244 e. The molecule has 0 amide bonds. The van der Waals surface area contributed by atoms with Gasteiger partial charge in [-0.15, -0.1) is 0 Å². The number of hydrogen-bond acceptors (Lipinski definition) is 3. The van der Waals surface area contributed by atoms with Gasteiger partial charge in [-0.3, -0.25) is 0 Å². The highest BCUT2D eigenvalue weighted by molar-refractivity contribution is 7.89. The molecule has 2 rings (SSSR count). The van der Waals surface area contributed by atoms with E-state index in [-0.39, 0.29) is 16.4 Å². The second kappa shape index (κ2) is 6.81. The van der Waals surface area contributed by atoms with Gasteiger partial charge < -0.3 is 4.74 Å². The van der Waals surface area contributed by atoms with E-state index in [2.05, 4.69) is 32.4 Å². The third-order valence-corrected chi connectivity index (χ3v) is 6.25. The molecule has 0 spiro atoms. The molecule has 0 bridgehead atoms. The summed E-state index contributed by atoms with van der Waals surface area (Å²) >= 11 is 0. The lowest BCUT2D eigenvalue weighted by atomic mass is 9.87. The van der Waals surface area contributed by atoms with E-state index in [1.54, 1.807) is 12.1 Å². The molecule has 1 aromatic rings. The molecule has 1 aromatic carbocycles.